The summed E-state index contributed by atoms with van der Waals surface area (Å²) in [5, 5.41) is 0. The van der Waals surface area contributed by atoms with E-state index in [-0.39, 0.29) is 5.54 Å². The van der Waals surface area contributed by atoms with Crippen LogP contribution in [0.1, 0.15) is 57.4 Å². The Morgan fingerprint density at radius 1 is 1.14 bits per heavy atom. The number of fused-ring (bicyclic) bond motifs is 3. The van der Waals surface area contributed by atoms with Crippen molar-refractivity contribution in [2.24, 2.45) is 0 Å². The van der Waals surface area contributed by atoms with Crippen LogP contribution in [0.5, 0.6) is 0 Å². The van der Waals surface area contributed by atoms with E-state index in [1.807, 2.05) is 0 Å². The van der Waals surface area contributed by atoms with Crippen LogP contribution in [0.25, 0.3) is 16.8 Å². The van der Waals surface area contributed by atoms with Gasteiger partial charge in [0.1, 0.15) is 0 Å². The molecule has 0 bridgehead atoms. The smallest absolute Gasteiger partial charge is 0.190 e. The van der Waals surface area contributed by atoms with Crippen molar-refractivity contribution < 1.29 is 4.57 Å². The molecule has 22 heavy (non-hydrogen) atoms. The third kappa shape index (κ3) is 1.95. The lowest BCUT2D eigenvalue weighted by molar-refractivity contribution is -0.758. The van der Waals surface area contributed by atoms with E-state index in [1.54, 1.807) is 0 Å². The van der Waals surface area contributed by atoms with Gasteiger partial charge in [0.15, 0.2) is 11.2 Å². The molecule has 0 fully saturated rings. The second-order valence-corrected chi connectivity index (χ2v) is 6.99. The van der Waals surface area contributed by atoms with Crippen molar-refractivity contribution in [1.82, 2.24) is 0 Å². The maximum atomic E-state index is 2.54. The quantitative estimate of drug-likeness (QED) is 0.634. The van der Waals surface area contributed by atoms with Crippen molar-refractivity contribution in [2.75, 3.05) is 0 Å². The Labute approximate surface area is 134 Å². The van der Waals surface area contributed by atoms with E-state index >= 15 is 0 Å². The van der Waals surface area contributed by atoms with E-state index in [2.05, 4.69) is 88.6 Å². The fourth-order valence-electron chi connectivity index (χ4n) is 3.87. The molecule has 1 atom stereocenters. The van der Waals surface area contributed by atoms with E-state index in [4.69, 9.17) is 0 Å². The summed E-state index contributed by atoms with van der Waals surface area (Å²) in [6.07, 6.45) is 2.20. The number of hydrogen-bond acceptors (Lipinski definition) is 0. The maximum Gasteiger partial charge on any atom is 0.213 e. The van der Waals surface area contributed by atoms with Gasteiger partial charge in [-0.15, -0.1) is 0 Å². The Hall–Kier alpha value is -1.89. The van der Waals surface area contributed by atoms with Gasteiger partial charge in [0, 0.05) is 43.9 Å². The van der Waals surface area contributed by atoms with Crippen molar-refractivity contribution >= 4 is 5.57 Å². The summed E-state index contributed by atoms with van der Waals surface area (Å²) in [6, 6.07) is 13.4. The average Bonchev–Trinajstić information content (AvgIpc) is 2.51. The number of aromatic nitrogens is 1. The van der Waals surface area contributed by atoms with Crippen molar-refractivity contribution in [2.45, 2.75) is 53.0 Å². The topological polar surface area (TPSA) is 3.88 Å². The standard InChI is InChI=1S/C21H26N/c1-7-14(2)17-12-13-20-19-11-9-8-10-18(19)15(3)21(5,6)22(20)16(17)4/h7-13,15H,1-6H3/q+1/b14-7-/t15-/m1/s1. The highest BCUT2D eigenvalue weighted by Crippen LogP contribution is 2.41. The van der Waals surface area contributed by atoms with Crippen molar-refractivity contribution in [3.05, 3.63) is 59.3 Å². The molecule has 114 valence electrons. The molecule has 1 aromatic carbocycles. The lowest BCUT2D eigenvalue weighted by atomic mass is 9.76. The van der Waals surface area contributed by atoms with Gasteiger partial charge in [-0.05, 0) is 37.1 Å². The van der Waals surface area contributed by atoms with Crippen LogP contribution in [0.4, 0.5) is 0 Å². The van der Waals surface area contributed by atoms with Crippen LogP contribution in [-0.4, -0.2) is 0 Å². The Bertz CT molecular complexity index is 765. The highest BCUT2D eigenvalue weighted by Gasteiger charge is 2.45. The molecule has 0 amide bonds. The van der Waals surface area contributed by atoms with Gasteiger partial charge in [-0.3, -0.25) is 0 Å². The number of rotatable bonds is 1. The van der Waals surface area contributed by atoms with Crippen molar-refractivity contribution in [1.29, 1.82) is 0 Å². The molecule has 0 N–H and O–H groups in total. The Kier molecular flexibility index (Phi) is 3.47. The van der Waals surface area contributed by atoms with Crippen LogP contribution in [0.2, 0.25) is 0 Å². The Morgan fingerprint density at radius 2 is 1.82 bits per heavy atom. The molecule has 1 aliphatic rings. The Morgan fingerprint density at radius 3 is 2.50 bits per heavy atom. The molecular formula is C21H26N+. The summed E-state index contributed by atoms with van der Waals surface area (Å²) >= 11 is 0. The van der Waals surface area contributed by atoms with Gasteiger partial charge < -0.3 is 0 Å². The van der Waals surface area contributed by atoms with Gasteiger partial charge in [0.05, 0.1) is 0 Å². The molecule has 0 saturated carbocycles. The summed E-state index contributed by atoms with van der Waals surface area (Å²) in [6.45, 7) is 13.6. The monoisotopic (exact) mass is 292 g/mol. The van der Waals surface area contributed by atoms with Crippen LogP contribution in [0, 0.1) is 6.92 Å². The summed E-state index contributed by atoms with van der Waals surface area (Å²) in [7, 11) is 0. The molecule has 0 radical (unpaired) electrons. The predicted molar refractivity (Wildman–Crippen MR) is 93.9 cm³/mol. The average molecular weight is 292 g/mol. The Balaban J connectivity index is 2.38. The minimum Gasteiger partial charge on any atom is -0.190 e. The highest BCUT2D eigenvalue weighted by molar-refractivity contribution is 5.68. The number of allylic oxidation sites excluding steroid dienone is 2. The first-order valence-electron chi connectivity index (χ1n) is 8.18. The predicted octanol–water partition coefficient (Wildman–Crippen LogP) is 5.22. The number of benzene rings is 1. The molecule has 1 aromatic heterocycles. The van der Waals surface area contributed by atoms with Crippen LogP contribution < -0.4 is 4.57 Å². The van der Waals surface area contributed by atoms with Crippen molar-refractivity contribution in [3.8, 4) is 11.3 Å². The van der Waals surface area contributed by atoms with Gasteiger partial charge in [0.25, 0.3) is 0 Å². The minimum atomic E-state index is 0.0673. The van der Waals surface area contributed by atoms with Crippen LogP contribution in [0.3, 0.4) is 0 Å². The molecule has 1 heteroatoms. The summed E-state index contributed by atoms with van der Waals surface area (Å²) in [4.78, 5) is 0. The molecule has 1 aliphatic heterocycles. The first-order valence-corrected chi connectivity index (χ1v) is 8.18. The summed E-state index contributed by atoms with van der Waals surface area (Å²) in [5.74, 6) is 0.487. The first kappa shape index (κ1) is 15.0. The second kappa shape index (κ2) is 5.08. The molecule has 2 heterocycles. The molecule has 3 rings (SSSR count). The van der Waals surface area contributed by atoms with E-state index in [9.17, 15) is 0 Å². The third-order valence-corrected chi connectivity index (χ3v) is 5.57. The minimum absolute atomic E-state index is 0.0673. The van der Waals surface area contributed by atoms with Crippen LogP contribution >= 0.6 is 0 Å². The largest absolute Gasteiger partial charge is 0.213 e. The molecule has 0 saturated heterocycles. The molecular weight excluding hydrogens is 266 g/mol. The van der Waals surface area contributed by atoms with Crippen molar-refractivity contribution in [3.63, 3.8) is 0 Å². The van der Waals surface area contributed by atoms with Gasteiger partial charge in [-0.1, -0.05) is 31.2 Å². The molecule has 0 aliphatic carbocycles. The van der Waals surface area contributed by atoms with Crippen LogP contribution in [0.15, 0.2) is 42.5 Å². The zero-order valence-electron chi connectivity index (χ0n) is 14.6. The molecule has 0 unspecified atom stereocenters. The number of nitrogens with zero attached hydrogens (tertiary/aromatic N) is 1. The van der Waals surface area contributed by atoms with E-state index in [0.29, 0.717) is 5.92 Å². The van der Waals surface area contributed by atoms with E-state index in [0.717, 1.165) is 0 Å². The first-order chi connectivity index (χ1) is 10.4. The SMILES string of the molecule is C/C=C(/C)c1ccc2[n+](c1C)C(C)(C)[C@H](C)c1ccccc1-2. The van der Waals surface area contributed by atoms with E-state index in [1.165, 1.54) is 33.7 Å². The molecule has 0 spiro atoms. The normalized spacial score (nSPS) is 19.5. The summed E-state index contributed by atoms with van der Waals surface area (Å²) < 4.78 is 2.54. The lowest BCUT2D eigenvalue weighted by Gasteiger charge is -2.35. The third-order valence-electron chi connectivity index (χ3n) is 5.57. The highest BCUT2D eigenvalue weighted by atomic mass is 15.1. The van der Waals surface area contributed by atoms with Gasteiger partial charge >= 0.3 is 0 Å². The fraction of sp³-hybridized carbons (Fsp3) is 0.381. The maximum absolute atomic E-state index is 2.54. The van der Waals surface area contributed by atoms with Crippen LogP contribution in [-0.2, 0) is 5.54 Å². The van der Waals surface area contributed by atoms with E-state index < -0.39 is 0 Å². The zero-order chi connectivity index (χ0) is 16.1. The summed E-state index contributed by atoms with van der Waals surface area (Å²) in [5.41, 5.74) is 8.30. The molecule has 1 nitrogen and oxygen atoms in total. The second-order valence-electron chi connectivity index (χ2n) is 6.99. The zero-order valence-corrected chi connectivity index (χ0v) is 14.6. The number of hydrogen-bond donors (Lipinski definition) is 0. The fourth-order valence-corrected chi connectivity index (χ4v) is 3.87. The molecule has 2 aromatic rings. The van der Waals surface area contributed by atoms with Gasteiger partial charge in [-0.25, -0.2) is 0 Å². The lowest BCUT2D eigenvalue weighted by Crippen LogP contribution is -2.60. The van der Waals surface area contributed by atoms with Gasteiger partial charge in [0.2, 0.25) is 5.69 Å². The van der Waals surface area contributed by atoms with Gasteiger partial charge in [-0.2, -0.15) is 4.57 Å². The number of pyridine rings is 1.